The number of aliphatic imine (C=N–C) groups is 1. The van der Waals surface area contributed by atoms with Gasteiger partial charge in [-0.15, -0.1) is 24.0 Å². The highest BCUT2D eigenvalue weighted by molar-refractivity contribution is 14.0. The molecule has 1 saturated carbocycles. The Balaban J connectivity index is 0.00000338. The molecule has 0 aromatic heterocycles. The number of guanidine groups is 1. The average Bonchev–Trinajstić information content (AvgIpc) is 3.21. The molecule has 1 heterocycles. The van der Waals surface area contributed by atoms with Gasteiger partial charge in [-0.2, -0.15) is 0 Å². The van der Waals surface area contributed by atoms with Crippen molar-refractivity contribution in [3.8, 4) is 0 Å². The number of hydrogen-bond donors (Lipinski definition) is 3. The Morgan fingerprint density at radius 1 is 1.15 bits per heavy atom. The van der Waals surface area contributed by atoms with Crippen LogP contribution in [-0.2, 0) is 4.79 Å². The number of nitrogens with zero attached hydrogens (tertiary/aromatic N) is 2. The van der Waals surface area contributed by atoms with Gasteiger partial charge in [-0.25, -0.2) is 0 Å². The molecule has 26 heavy (non-hydrogen) atoms. The summed E-state index contributed by atoms with van der Waals surface area (Å²) in [7, 11) is 0. The number of carbonyl (C=O) groups excluding carboxylic acids is 1. The Morgan fingerprint density at radius 2 is 1.85 bits per heavy atom. The van der Waals surface area contributed by atoms with Gasteiger partial charge >= 0.3 is 0 Å². The van der Waals surface area contributed by atoms with E-state index in [4.69, 9.17) is 0 Å². The van der Waals surface area contributed by atoms with Gasteiger partial charge in [0.1, 0.15) is 0 Å². The van der Waals surface area contributed by atoms with Crippen molar-refractivity contribution in [3.05, 3.63) is 0 Å². The minimum Gasteiger partial charge on any atom is -0.357 e. The van der Waals surface area contributed by atoms with Crippen LogP contribution in [-0.4, -0.2) is 61.6 Å². The van der Waals surface area contributed by atoms with Gasteiger partial charge in [-0.1, -0.05) is 33.6 Å². The van der Waals surface area contributed by atoms with Gasteiger partial charge in [0.2, 0.25) is 5.91 Å². The molecular weight excluding hydrogens is 441 g/mol. The molecule has 152 valence electrons. The van der Waals surface area contributed by atoms with E-state index in [0.29, 0.717) is 19.1 Å². The fraction of sp³-hybridized carbons (Fsp3) is 0.895. The Bertz CT molecular complexity index is 457. The van der Waals surface area contributed by atoms with Crippen molar-refractivity contribution >= 4 is 35.8 Å². The van der Waals surface area contributed by atoms with E-state index in [0.717, 1.165) is 25.1 Å². The van der Waals surface area contributed by atoms with Crippen molar-refractivity contribution in [2.45, 2.75) is 71.9 Å². The molecule has 2 rings (SSSR count). The number of halogens is 1. The molecule has 1 unspecified atom stereocenters. The lowest BCUT2D eigenvalue weighted by Crippen LogP contribution is -2.45. The zero-order valence-corrected chi connectivity index (χ0v) is 19.3. The van der Waals surface area contributed by atoms with Crippen LogP contribution in [0.2, 0.25) is 0 Å². The molecule has 0 radical (unpaired) electrons. The summed E-state index contributed by atoms with van der Waals surface area (Å²) in [4.78, 5) is 19.1. The van der Waals surface area contributed by atoms with Crippen LogP contribution in [0, 0.1) is 5.41 Å². The number of hydrogen-bond acceptors (Lipinski definition) is 3. The van der Waals surface area contributed by atoms with Crippen LogP contribution in [0.1, 0.15) is 59.8 Å². The number of carbonyl (C=O) groups is 1. The smallest absolute Gasteiger partial charge is 0.225 e. The maximum Gasteiger partial charge on any atom is 0.225 e. The van der Waals surface area contributed by atoms with E-state index in [1.807, 2.05) is 20.8 Å². The first-order valence-corrected chi connectivity index (χ1v) is 9.97. The summed E-state index contributed by atoms with van der Waals surface area (Å²) in [5.74, 6) is 0.939. The lowest BCUT2D eigenvalue weighted by atomic mass is 9.96. The molecule has 6 nitrogen and oxygen atoms in total. The summed E-state index contributed by atoms with van der Waals surface area (Å²) < 4.78 is 0. The topological polar surface area (TPSA) is 68.8 Å². The van der Waals surface area contributed by atoms with Gasteiger partial charge in [0, 0.05) is 43.7 Å². The van der Waals surface area contributed by atoms with Crippen LogP contribution in [0.4, 0.5) is 0 Å². The summed E-state index contributed by atoms with van der Waals surface area (Å²) in [6.45, 7) is 12.2. The minimum atomic E-state index is -0.347. The molecule has 1 atom stereocenters. The molecule has 1 aliphatic carbocycles. The van der Waals surface area contributed by atoms with E-state index in [1.165, 1.54) is 38.6 Å². The zero-order valence-electron chi connectivity index (χ0n) is 16.9. The lowest BCUT2D eigenvalue weighted by molar-refractivity contribution is -0.128. The van der Waals surface area contributed by atoms with Crippen LogP contribution < -0.4 is 16.0 Å². The maximum absolute atomic E-state index is 11.9. The van der Waals surface area contributed by atoms with Crippen LogP contribution in [0.3, 0.4) is 0 Å². The molecule has 0 aromatic rings. The third kappa shape index (κ3) is 7.58. The van der Waals surface area contributed by atoms with Gasteiger partial charge in [0.05, 0.1) is 6.54 Å². The number of amides is 1. The summed E-state index contributed by atoms with van der Waals surface area (Å²) in [5.41, 5.74) is -0.347. The Hall–Kier alpha value is -0.570. The molecular formula is C19H38IN5O. The average molecular weight is 479 g/mol. The highest BCUT2D eigenvalue weighted by Crippen LogP contribution is 2.26. The SMILES string of the molecule is CCNC(=NCCNC(=O)C(C)(C)C)NC1CCN(C2CCCC2)C1.I. The first-order valence-electron chi connectivity index (χ1n) is 9.97. The molecule has 1 saturated heterocycles. The Labute approximate surface area is 176 Å². The quantitative estimate of drug-likeness (QED) is 0.237. The molecule has 1 amide bonds. The van der Waals surface area contributed by atoms with E-state index in [1.54, 1.807) is 0 Å². The van der Waals surface area contributed by atoms with Crippen molar-refractivity contribution in [1.82, 2.24) is 20.9 Å². The van der Waals surface area contributed by atoms with Crippen molar-refractivity contribution in [1.29, 1.82) is 0 Å². The van der Waals surface area contributed by atoms with Crippen molar-refractivity contribution < 1.29 is 4.79 Å². The molecule has 3 N–H and O–H groups in total. The standard InChI is InChI=1S/C19H37N5O.HI/c1-5-20-18(22-12-11-21-17(25)19(2,3)4)23-15-10-13-24(14-15)16-8-6-7-9-16;/h15-16H,5-14H2,1-4H3,(H,21,25)(H2,20,22,23);1H. The highest BCUT2D eigenvalue weighted by atomic mass is 127. The molecule has 2 aliphatic rings. The summed E-state index contributed by atoms with van der Waals surface area (Å²) in [5, 5.41) is 9.84. The van der Waals surface area contributed by atoms with E-state index < -0.39 is 0 Å². The fourth-order valence-corrected chi connectivity index (χ4v) is 3.62. The summed E-state index contributed by atoms with van der Waals surface area (Å²) in [6.07, 6.45) is 6.71. The maximum atomic E-state index is 11.9. The van der Waals surface area contributed by atoms with E-state index in [2.05, 4.69) is 32.8 Å². The lowest BCUT2D eigenvalue weighted by Gasteiger charge is -2.24. The second-order valence-corrected chi connectivity index (χ2v) is 8.33. The first kappa shape index (κ1) is 23.5. The van der Waals surface area contributed by atoms with Crippen molar-refractivity contribution in [2.75, 3.05) is 32.7 Å². The van der Waals surface area contributed by atoms with E-state index in [9.17, 15) is 4.79 Å². The predicted molar refractivity (Wildman–Crippen MR) is 119 cm³/mol. The summed E-state index contributed by atoms with van der Waals surface area (Å²) in [6, 6.07) is 1.28. The van der Waals surface area contributed by atoms with Gasteiger partial charge < -0.3 is 16.0 Å². The molecule has 1 aliphatic heterocycles. The zero-order chi connectivity index (χ0) is 18.3. The largest absolute Gasteiger partial charge is 0.357 e. The molecule has 0 bridgehead atoms. The third-order valence-electron chi connectivity index (χ3n) is 5.09. The molecule has 0 spiro atoms. The van der Waals surface area contributed by atoms with Crippen LogP contribution >= 0.6 is 24.0 Å². The monoisotopic (exact) mass is 479 g/mol. The third-order valence-corrected chi connectivity index (χ3v) is 5.09. The second kappa shape index (κ2) is 11.3. The predicted octanol–water partition coefficient (Wildman–Crippen LogP) is 2.34. The van der Waals surface area contributed by atoms with Gasteiger partial charge in [-0.3, -0.25) is 14.7 Å². The van der Waals surface area contributed by atoms with Gasteiger partial charge in [0.25, 0.3) is 0 Å². The van der Waals surface area contributed by atoms with Crippen LogP contribution in [0.25, 0.3) is 0 Å². The molecule has 2 fully saturated rings. The van der Waals surface area contributed by atoms with Gasteiger partial charge in [-0.05, 0) is 26.2 Å². The first-order chi connectivity index (χ1) is 11.9. The molecule has 7 heteroatoms. The normalized spacial score (nSPS) is 22.2. The molecule has 0 aromatic carbocycles. The summed E-state index contributed by atoms with van der Waals surface area (Å²) >= 11 is 0. The van der Waals surface area contributed by atoms with Crippen molar-refractivity contribution in [2.24, 2.45) is 10.4 Å². The fourth-order valence-electron chi connectivity index (χ4n) is 3.62. The highest BCUT2D eigenvalue weighted by Gasteiger charge is 2.30. The van der Waals surface area contributed by atoms with E-state index >= 15 is 0 Å². The number of rotatable bonds is 6. The van der Waals surface area contributed by atoms with Gasteiger partial charge in [0.15, 0.2) is 5.96 Å². The Morgan fingerprint density at radius 3 is 2.46 bits per heavy atom. The van der Waals surface area contributed by atoms with Crippen molar-refractivity contribution in [3.63, 3.8) is 0 Å². The van der Waals surface area contributed by atoms with Crippen LogP contribution in [0.5, 0.6) is 0 Å². The number of likely N-dealkylation sites (tertiary alicyclic amines) is 1. The number of nitrogens with one attached hydrogen (secondary N) is 3. The second-order valence-electron chi connectivity index (χ2n) is 8.33. The van der Waals surface area contributed by atoms with E-state index in [-0.39, 0.29) is 35.3 Å². The van der Waals surface area contributed by atoms with Crippen LogP contribution in [0.15, 0.2) is 4.99 Å². The minimum absolute atomic E-state index is 0. The Kier molecular flexibility index (Phi) is 10.2.